The van der Waals surface area contributed by atoms with Crippen molar-refractivity contribution in [3.05, 3.63) is 27.3 Å². The molecule has 0 aliphatic carbocycles. The van der Waals surface area contributed by atoms with Gasteiger partial charge in [0, 0.05) is 0 Å². The number of hydrogen-bond donors (Lipinski definition) is 2. The molecule has 1 aromatic carbocycles. The number of ether oxygens (including phenoxy) is 1. The topological polar surface area (TPSA) is 105 Å². The third-order valence-corrected chi connectivity index (χ3v) is 3.29. The monoisotopic (exact) mass is 370 g/mol. The molecule has 6 nitrogen and oxygen atoms in total. The van der Waals surface area contributed by atoms with Gasteiger partial charge in [0.1, 0.15) is 5.75 Å². The van der Waals surface area contributed by atoms with Gasteiger partial charge in [-0.05, 0) is 41.6 Å². The van der Waals surface area contributed by atoms with E-state index in [2.05, 4.69) is 0 Å². The third-order valence-electron chi connectivity index (χ3n) is 1.70. The Morgan fingerprint density at radius 3 is 2.65 bits per heavy atom. The van der Waals surface area contributed by atoms with E-state index in [1.54, 1.807) is 19.1 Å². The van der Waals surface area contributed by atoms with Gasteiger partial charge in [-0.3, -0.25) is 0 Å². The van der Waals surface area contributed by atoms with E-state index in [-0.39, 0.29) is 12.4 Å². The lowest BCUT2D eigenvalue weighted by Crippen LogP contribution is -2.13. The standard InChI is InChI=1S/C9H12IN2O4P/c1-2-15-9(13)6-4-3-5-7(8(6)10)16-17(11,12)14/h3-5H,2H2,1H3,(H4,11,12,14). The predicted octanol–water partition coefficient (Wildman–Crippen LogP) is 1.87. The van der Waals surface area contributed by atoms with Crippen molar-refractivity contribution in [2.75, 3.05) is 6.61 Å². The molecule has 0 unspecified atom stereocenters. The molecule has 1 aromatic rings. The third kappa shape index (κ3) is 4.27. The summed E-state index contributed by atoms with van der Waals surface area (Å²) in [7, 11) is -3.64. The van der Waals surface area contributed by atoms with Crippen LogP contribution in [0.1, 0.15) is 17.3 Å². The Labute approximate surface area is 112 Å². The van der Waals surface area contributed by atoms with Crippen molar-refractivity contribution < 1.29 is 18.6 Å². The van der Waals surface area contributed by atoms with Gasteiger partial charge in [0.15, 0.2) is 0 Å². The minimum Gasteiger partial charge on any atom is -0.462 e. The molecule has 0 fully saturated rings. The van der Waals surface area contributed by atoms with Crippen LogP contribution in [-0.4, -0.2) is 12.6 Å². The summed E-state index contributed by atoms with van der Waals surface area (Å²) in [5.41, 5.74) is 10.5. The Hall–Kier alpha value is -0.630. The van der Waals surface area contributed by atoms with Gasteiger partial charge in [-0.2, -0.15) is 0 Å². The molecule has 0 aliphatic rings. The van der Waals surface area contributed by atoms with Crippen LogP contribution in [0.5, 0.6) is 5.75 Å². The molecule has 8 heteroatoms. The fourth-order valence-corrected chi connectivity index (χ4v) is 2.43. The van der Waals surface area contributed by atoms with E-state index in [0.717, 1.165) is 0 Å². The normalized spacial score (nSPS) is 11.1. The average molecular weight is 370 g/mol. The summed E-state index contributed by atoms with van der Waals surface area (Å²) in [5, 5.41) is 0. The molecule has 0 radical (unpaired) electrons. The van der Waals surface area contributed by atoms with Crippen molar-refractivity contribution >= 4 is 36.2 Å². The van der Waals surface area contributed by atoms with E-state index in [1.807, 2.05) is 22.6 Å². The first-order valence-corrected chi connectivity index (χ1v) is 7.51. The van der Waals surface area contributed by atoms with Crippen molar-refractivity contribution in [2.45, 2.75) is 6.92 Å². The van der Waals surface area contributed by atoms with Gasteiger partial charge in [0.25, 0.3) is 0 Å². The molecule has 0 amide bonds. The van der Waals surface area contributed by atoms with Crippen molar-refractivity contribution in [2.24, 2.45) is 11.0 Å². The quantitative estimate of drug-likeness (QED) is 0.476. The maximum atomic E-state index is 11.6. The first kappa shape index (κ1) is 14.4. The number of nitrogens with two attached hydrogens (primary N) is 2. The average Bonchev–Trinajstić information content (AvgIpc) is 2.19. The Kier molecular flexibility index (Phi) is 4.93. The number of carbonyl (C=O) groups excluding carboxylic acids is 1. The first-order chi connectivity index (χ1) is 7.85. The molecule has 1 rings (SSSR count). The second-order valence-corrected chi connectivity index (χ2v) is 5.63. The summed E-state index contributed by atoms with van der Waals surface area (Å²) >= 11 is 1.88. The minimum atomic E-state index is -3.64. The smallest absolute Gasteiger partial charge is 0.385 e. The number of benzene rings is 1. The highest BCUT2D eigenvalue weighted by Gasteiger charge is 2.18. The summed E-state index contributed by atoms with van der Waals surface area (Å²) < 4.78 is 21.4. The molecule has 17 heavy (non-hydrogen) atoms. The number of rotatable bonds is 4. The van der Waals surface area contributed by atoms with E-state index >= 15 is 0 Å². The summed E-state index contributed by atoms with van der Waals surface area (Å²) in [5.74, 6) is -0.282. The predicted molar refractivity (Wildman–Crippen MR) is 71.7 cm³/mol. The van der Waals surface area contributed by atoms with Crippen LogP contribution in [0.4, 0.5) is 0 Å². The zero-order valence-electron chi connectivity index (χ0n) is 9.05. The summed E-state index contributed by atoms with van der Waals surface area (Å²) in [6, 6.07) is 4.67. The fourth-order valence-electron chi connectivity index (χ4n) is 1.10. The lowest BCUT2D eigenvalue weighted by molar-refractivity contribution is 0.0524. The van der Waals surface area contributed by atoms with E-state index in [9.17, 15) is 9.36 Å². The number of halogens is 1. The lowest BCUT2D eigenvalue weighted by Gasteiger charge is -2.12. The molecule has 0 heterocycles. The second-order valence-electron chi connectivity index (χ2n) is 3.07. The highest BCUT2D eigenvalue weighted by atomic mass is 127. The summed E-state index contributed by atoms with van der Waals surface area (Å²) in [6.45, 7) is 1.98. The maximum Gasteiger partial charge on any atom is 0.385 e. The Bertz CT molecular complexity index is 474. The molecule has 0 atom stereocenters. The van der Waals surface area contributed by atoms with Crippen molar-refractivity contribution in [1.82, 2.24) is 0 Å². The van der Waals surface area contributed by atoms with Crippen molar-refractivity contribution in [3.8, 4) is 5.75 Å². The molecule has 0 aromatic heterocycles. The van der Waals surface area contributed by atoms with Gasteiger partial charge in [-0.1, -0.05) is 6.07 Å². The Morgan fingerprint density at radius 1 is 1.47 bits per heavy atom. The molecule has 94 valence electrons. The van der Waals surface area contributed by atoms with Crippen molar-refractivity contribution in [3.63, 3.8) is 0 Å². The summed E-state index contributed by atoms with van der Waals surface area (Å²) in [6.07, 6.45) is 0. The van der Waals surface area contributed by atoms with Crippen LogP contribution < -0.4 is 15.5 Å². The Morgan fingerprint density at radius 2 is 2.12 bits per heavy atom. The largest absolute Gasteiger partial charge is 0.462 e. The van der Waals surface area contributed by atoms with Gasteiger partial charge < -0.3 is 9.26 Å². The number of hydrogen-bond acceptors (Lipinski definition) is 4. The van der Waals surface area contributed by atoms with Gasteiger partial charge >= 0.3 is 13.6 Å². The van der Waals surface area contributed by atoms with E-state index in [0.29, 0.717) is 9.13 Å². The zero-order valence-corrected chi connectivity index (χ0v) is 12.1. The van der Waals surface area contributed by atoms with E-state index < -0.39 is 13.6 Å². The summed E-state index contributed by atoms with van der Waals surface area (Å²) in [4.78, 5) is 11.6. The van der Waals surface area contributed by atoms with Crippen molar-refractivity contribution in [1.29, 1.82) is 0 Å². The number of carbonyl (C=O) groups is 1. The van der Waals surface area contributed by atoms with Crippen LogP contribution in [-0.2, 0) is 9.30 Å². The molecule has 0 saturated heterocycles. The molecule has 0 saturated carbocycles. The molecule has 4 N–H and O–H groups in total. The SMILES string of the molecule is CCOC(=O)c1cccc(OP(N)(N)=O)c1I. The molecule has 0 bridgehead atoms. The second kappa shape index (κ2) is 5.81. The molecule has 0 spiro atoms. The van der Waals surface area contributed by atoms with Gasteiger partial charge in [-0.25, -0.2) is 20.4 Å². The van der Waals surface area contributed by atoms with Crippen LogP contribution in [0.15, 0.2) is 18.2 Å². The lowest BCUT2D eigenvalue weighted by atomic mass is 10.2. The molecular formula is C9H12IN2O4P. The van der Waals surface area contributed by atoms with E-state index in [1.165, 1.54) is 6.07 Å². The zero-order chi connectivity index (χ0) is 13.1. The Balaban J connectivity index is 3.07. The van der Waals surface area contributed by atoms with Crippen LogP contribution in [0, 0.1) is 3.57 Å². The van der Waals surface area contributed by atoms with Crippen LogP contribution >= 0.6 is 30.3 Å². The van der Waals surface area contributed by atoms with Gasteiger partial charge in [-0.15, -0.1) is 0 Å². The fraction of sp³-hybridized carbons (Fsp3) is 0.222. The first-order valence-electron chi connectivity index (χ1n) is 4.67. The highest BCUT2D eigenvalue weighted by molar-refractivity contribution is 14.1. The molecule has 0 aliphatic heterocycles. The van der Waals surface area contributed by atoms with Gasteiger partial charge in [0.05, 0.1) is 15.7 Å². The van der Waals surface area contributed by atoms with Crippen LogP contribution in [0.25, 0.3) is 0 Å². The highest BCUT2D eigenvalue weighted by Crippen LogP contribution is 2.35. The van der Waals surface area contributed by atoms with E-state index in [4.69, 9.17) is 20.3 Å². The van der Waals surface area contributed by atoms with Gasteiger partial charge in [0.2, 0.25) is 0 Å². The number of esters is 1. The van der Waals surface area contributed by atoms with Crippen LogP contribution in [0.2, 0.25) is 0 Å². The molecular weight excluding hydrogens is 358 g/mol. The minimum absolute atomic E-state index is 0.199. The maximum absolute atomic E-state index is 11.6. The van der Waals surface area contributed by atoms with Crippen LogP contribution in [0.3, 0.4) is 0 Å².